The third kappa shape index (κ3) is 4.60. The van der Waals surface area contributed by atoms with E-state index >= 15 is 0 Å². The van der Waals surface area contributed by atoms with Gasteiger partial charge in [0.2, 0.25) is 5.91 Å². The molecule has 0 saturated heterocycles. The molecule has 0 fully saturated rings. The van der Waals surface area contributed by atoms with E-state index < -0.39 is 29.5 Å². The standard InChI is InChI=1S/C17H16F2N2O3/c18-13-7-6-12(8-14(13)19)17(24)20-9-16(23)21-15(10-22)11-4-2-1-3-5-11/h1-8,15,22H,9-10H2,(H,20,24)(H,21,23)/t15-/m1/s1. The molecule has 1 atom stereocenters. The predicted molar refractivity (Wildman–Crippen MR) is 83.1 cm³/mol. The first-order valence-electron chi connectivity index (χ1n) is 7.19. The Hall–Kier alpha value is -2.80. The first-order chi connectivity index (χ1) is 11.5. The zero-order valence-corrected chi connectivity index (χ0v) is 12.6. The monoisotopic (exact) mass is 334 g/mol. The fraction of sp³-hybridized carbons (Fsp3) is 0.176. The summed E-state index contributed by atoms with van der Waals surface area (Å²) in [6.45, 7) is -0.659. The minimum absolute atomic E-state index is 0.0940. The van der Waals surface area contributed by atoms with E-state index in [0.717, 1.165) is 23.8 Å². The molecule has 7 heteroatoms. The van der Waals surface area contributed by atoms with Gasteiger partial charge >= 0.3 is 0 Å². The fourth-order valence-corrected chi connectivity index (χ4v) is 2.07. The highest BCUT2D eigenvalue weighted by Crippen LogP contribution is 2.11. The van der Waals surface area contributed by atoms with Gasteiger partial charge in [0.15, 0.2) is 11.6 Å². The lowest BCUT2D eigenvalue weighted by molar-refractivity contribution is -0.121. The number of amides is 2. The van der Waals surface area contributed by atoms with Gasteiger partial charge in [-0.15, -0.1) is 0 Å². The van der Waals surface area contributed by atoms with Crippen molar-refractivity contribution in [2.45, 2.75) is 6.04 Å². The molecule has 2 amide bonds. The largest absolute Gasteiger partial charge is 0.394 e. The first kappa shape index (κ1) is 17.6. The number of aliphatic hydroxyl groups is 1. The lowest BCUT2D eigenvalue weighted by atomic mass is 10.1. The van der Waals surface area contributed by atoms with Crippen LogP contribution in [0.25, 0.3) is 0 Å². The molecule has 0 aromatic heterocycles. The highest BCUT2D eigenvalue weighted by Gasteiger charge is 2.15. The summed E-state index contributed by atoms with van der Waals surface area (Å²) in [5.74, 6) is -3.42. The second kappa shape index (κ2) is 8.16. The minimum Gasteiger partial charge on any atom is -0.394 e. The molecule has 0 bridgehead atoms. The second-order valence-corrected chi connectivity index (χ2v) is 5.02. The van der Waals surface area contributed by atoms with Crippen molar-refractivity contribution in [2.75, 3.05) is 13.2 Å². The van der Waals surface area contributed by atoms with Crippen LogP contribution in [0.3, 0.4) is 0 Å². The summed E-state index contributed by atoms with van der Waals surface area (Å²) < 4.78 is 25.9. The van der Waals surface area contributed by atoms with Crippen molar-refractivity contribution >= 4 is 11.8 Å². The van der Waals surface area contributed by atoms with Gasteiger partial charge in [0.25, 0.3) is 5.91 Å². The normalized spacial score (nSPS) is 11.6. The molecule has 3 N–H and O–H groups in total. The number of halogens is 2. The Labute approximate surface area is 137 Å². The number of rotatable bonds is 6. The SMILES string of the molecule is O=C(CNC(=O)c1ccc(F)c(F)c1)N[C@H](CO)c1ccccc1. The van der Waals surface area contributed by atoms with E-state index in [1.54, 1.807) is 24.3 Å². The number of benzene rings is 2. The van der Waals surface area contributed by atoms with E-state index in [1.165, 1.54) is 0 Å². The summed E-state index contributed by atoms with van der Waals surface area (Å²) in [5, 5.41) is 14.2. The van der Waals surface area contributed by atoms with Crippen molar-refractivity contribution in [1.82, 2.24) is 10.6 Å². The molecule has 2 rings (SSSR count). The number of carbonyl (C=O) groups excluding carboxylic acids is 2. The van der Waals surface area contributed by atoms with Gasteiger partial charge in [-0.25, -0.2) is 8.78 Å². The van der Waals surface area contributed by atoms with Crippen molar-refractivity contribution in [3.8, 4) is 0 Å². The summed E-state index contributed by atoms with van der Waals surface area (Å²) in [4.78, 5) is 23.7. The summed E-state index contributed by atoms with van der Waals surface area (Å²) in [7, 11) is 0. The molecule has 0 unspecified atom stereocenters. The van der Waals surface area contributed by atoms with Crippen molar-refractivity contribution < 1.29 is 23.5 Å². The van der Waals surface area contributed by atoms with Gasteiger partial charge in [0, 0.05) is 5.56 Å². The Morgan fingerprint density at radius 2 is 1.75 bits per heavy atom. The maximum atomic E-state index is 13.1. The van der Waals surface area contributed by atoms with Crippen LogP contribution in [-0.2, 0) is 4.79 Å². The lowest BCUT2D eigenvalue weighted by Crippen LogP contribution is -2.39. The van der Waals surface area contributed by atoms with Crippen LogP contribution in [0.15, 0.2) is 48.5 Å². The molecule has 0 aliphatic heterocycles. The van der Waals surface area contributed by atoms with Crippen LogP contribution in [0.2, 0.25) is 0 Å². The van der Waals surface area contributed by atoms with Crippen LogP contribution in [0.4, 0.5) is 8.78 Å². The van der Waals surface area contributed by atoms with E-state index in [-0.39, 0.29) is 18.7 Å². The van der Waals surface area contributed by atoms with E-state index in [2.05, 4.69) is 10.6 Å². The Balaban J connectivity index is 1.90. The molecule has 5 nitrogen and oxygen atoms in total. The second-order valence-electron chi connectivity index (χ2n) is 5.02. The van der Waals surface area contributed by atoms with Crippen molar-refractivity contribution in [3.05, 3.63) is 71.3 Å². The molecule has 2 aromatic rings. The van der Waals surface area contributed by atoms with E-state index in [0.29, 0.717) is 0 Å². The van der Waals surface area contributed by atoms with Crippen molar-refractivity contribution in [1.29, 1.82) is 0 Å². The average Bonchev–Trinajstić information content (AvgIpc) is 2.60. The van der Waals surface area contributed by atoms with Gasteiger partial charge in [-0.3, -0.25) is 9.59 Å². The molecule has 0 saturated carbocycles. The maximum absolute atomic E-state index is 13.1. The zero-order chi connectivity index (χ0) is 17.5. The van der Waals surface area contributed by atoms with Gasteiger partial charge in [-0.1, -0.05) is 30.3 Å². The molecule has 0 aliphatic rings. The molecule has 2 aromatic carbocycles. The third-order valence-electron chi connectivity index (χ3n) is 3.31. The quantitative estimate of drug-likeness (QED) is 0.750. The van der Waals surface area contributed by atoms with Crippen LogP contribution in [0.5, 0.6) is 0 Å². The molecular weight excluding hydrogens is 318 g/mol. The van der Waals surface area contributed by atoms with Gasteiger partial charge in [0.1, 0.15) is 0 Å². The maximum Gasteiger partial charge on any atom is 0.251 e. The molecular formula is C17H16F2N2O3. The van der Waals surface area contributed by atoms with Crippen LogP contribution in [0, 0.1) is 11.6 Å². The smallest absolute Gasteiger partial charge is 0.251 e. The molecule has 24 heavy (non-hydrogen) atoms. The summed E-state index contributed by atoms with van der Waals surface area (Å²) in [5.41, 5.74) is 0.628. The number of nitrogens with one attached hydrogen (secondary N) is 2. The topological polar surface area (TPSA) is 78.4 Å². The van der Waals surface area contributed by atoms with Crippen molar-refractivity contribution in [3.63, 3.8) is 0 Å². The number of hydrogen-bond donors (Lipinski definition) is 3. The first-order valence-corrected chi connectivity index (χ1v) is 7.19. The van der Waals surface area contributed by atoms with Crippen LogP contribution < -0.4 is 10.6 Å². The van der Waals surface area contributed by atoms with Gasteiger partial charge in [0.05, 0.1) is 19.2 Å². The molecule has 0 radical (unpaired) electrons. The zero-order valence-electron chi connectivity index (χ0n) is 12.6. The summed E-state index contributed by atoms with van der Waals surface area (Å²) in [6.07, 6.45) is 0. The fourth-order valence-electron chi connectivity index (χ4n) is 2.07. The highest BCUT2D eigenvalue weighted by atomic mass is 19.2. The number of aliphatic hydroxyl groups excluding tert-OH is 1. The van der Waals surface area contributed by atoms with Gasteiger partial charge in [-0.05, 0) is 23.8 Å². The van der Waals surface area contributed by atoms with Crippen LogP contribution in [0.1, 0.15) is 22.0 Å². The molecule has 0 heterocycles. The number of hydrogen-bond acceptors (Lipinski definition) is 3. The minimum atomic E-state index is -1.14. The Bertz CT molecular complexity index is 723. The van der Waals surface area contributed by atoms with Crippen LogP contribution in [-0.4, -0.2) is 30.1 Å². The lowest BCUT2D eigenvalue weighted by Gasteiger charge is -2.17. The Morgan fingerprint density at radius 1 is 1.04 bits per heavy atom. The average molecular weight is 334 g/mol. The van der Waals surface area contributed by atoms with E-state index in [1.807, 2.05) is 6.07 Å². The van der Waals surface area contributed by atoms with Gasteiger partial charge < -0.3 is 15.7 Å². The Morgan fingerprint density at radius 3 is 2.38 bits per heavy atom. The number of carbonyl (C=O) groups is 2. The molecule has 0 aliphatic carbocycles. The van der Waals surface area contributed by atoms with E-state index in [4.69, 9.17) is 0 Å². The Kier molecular flexibility index (Phi) is 5.97. The molecule has 0 spiro atoms. The van der Waals surface area contributed by atoms with E-state index in [9.17, 15) is 23.5 Å². The summed E-state index contributed by atoms with van der Waals surface area (Å²) in [6, 6.07) is 11.0. The predicted octanol–water partition coefficient (Wildman–Crippen LogP) is 1.54. The van der Waals surface area contributed by atoms with Crippen molar-refractivity contribution in [2.24, 2.45) is 0 Å². The third-order valence-corrected chi connectivity index (χ3v) is 3.31. The van der Waals surface area contributed by atoms with Gasteiger partial charge in [-0.2, -0.15) is 0 Å². The molecule has 126 valence electrons. The summed E-state index contributed by atoms with van der Waals surface area (Å²) >= 11 is 0. The highest BCUT2D eigenvalue weighted by molar-refractivity contribution is 5.96. The van der Waals surface area contributed by atoms with Crippen LogP contribution >= 0.6 is 0 Å².